The molecule has 1 amide bonds. The first-order valence-electron chi connectivity index (χ1n) is 10.1. The van der Waals surface area contributed by atoms with Crippen molar-refractivity contribution in [1.29, 1.82) is 0 Å². The van der Waals surface area contributed by atoms with Crippen LogP contribution in [0.5, 0.6) is 0 Å². The number of para-hydroxylation sites is 1. The second-order valence-corrected chi connectivity index (χ2v) is 9.79. The van der Waals surface area contributed by atoms with E-state index < -0.39 is 0 Å². The highest BCUT2D eigenvalue weighted by atomic mass is 35.5. The molecule has 3 aromatic rings. The lowest BCUT2D eigenvalue weighted by molar-refractivity contribution is -0.131. The third-order valence-electron chi connectivity index (χ3n) is 5.27. The Labute approximate surface area is 186 Å². The number of likely N-dealkylation sites (tertiary alicyclic amines) is 1. The van der Waals surface area contributed by atoms with Gasteiger partial charge < -0.3 is 4.90 Å². The molecule has 0 radical (unpaired) electrons. The second kappa shape index (κ2) is 8.44. The number of rotatable bonds is 5. The molecule has 1 aromatic heterocycles. The molecule has 0 spiro atoms. The van der Waals surface area contributed by atoms with Crippen molar-refractivity contribution in [3.8, 4) is 17.1 Å². The van der Waals surface area contributed by atoms with Gasteiger partial charge in [0.1, 0.15) is 0 Å². The lowest BCUT2D eigenvalue weighted by Gasteiger charge is -2.30. The highest BCUT2D eigenvalue weighted by Gasteiger charge is 2.23. The number of hydrogen-bond donors (Lipinski definition) is 0. The molecule has 156 valence electrons. The van der Waals surface area contributed by atoms with Crippen LogP contribution in [-0.4, -0.2) is 44.4 Å². The molecule has 0 N–H and O–H groups in total. The van der Waals surface area contributed by atoms with Crippen molar-refractivity contribution in [3.63, 3.8) is 0 Å². The van der Waals surface area contributed by atoms with E-state index in [1.54, 1.807) is 0 Å². The molecule has 2 aromatic carbocycles. The highest BCUT2D eigenvalue weighted by molar-refractivity contribution is 7.99. The van der Waals surface area contributed by atoms with E-state index in [1.165, 1.54) is 17.3 Å². The number of aromatic nitrogens is 3. The summed E-state index contributed by atoms with van der Waals surface area (Å²) in [5.41, 5.74) is 3.09. The minimum atomic E-state index is 0.0766. The molecular weight excluding hydrogens is 416 g/mol. The average Bonchev–Trinajstić information content (AvgIpc) is 3.08. The number of carbonyl (C=O) groups excluding carboxylic acids is 1. The van der Waals surface area contributed by atoms with Gasteiger partial charge in [-0.25, -0.2) is 0 Å². The number of nitrogens with zero attached hydrogens (tertiary/aromatic N) is 4. The standard InChI is InChI=1S/C23H25ClN4OS/c1-23(2,3)17-11-9-16(10-12-17)21-25-26-22(30-15-20(29)27-13-6-14-27)28(21)19-8-5-4-7-18(19)24/h4-5,7-12H,6,13-15H2,1-3H3. The van der Waals surface area contributed by atoms with Gasteiger partial charge in [0.2, 0.25) is 5.91 Å². The number of thioether (sulfide) groups is 1. The van der Waals surface area contributed by atoms with Crippen LogP contribution in [0.2, 0.25) is 5.02 Å². The third kappa shape index (κ3) is 4.25. The first kappa shape index (κ1) is 20.9. The van der Waals surface area contributed by atoms with Gasteiger partial charge in [-0.15, -0.1) is 10.2 Å². The largest absolute Gasteiger partial charge is 0.342 e. The molecule has 4 rings (SSSR count). The molecule has 30 heavy (non-hydrogen) atoms. The Kier molecular flexibility index (Phi) is 5.89. The predicted octanol–water partition coefficient (Wildman–Crippen LogP) is 5.21. The Balaban J connectivity index is 1.70. The number of amides is 1. The van der Waals surface area contributed by atoms with Crippen LogP contribution >= 0.6 is 23.4 Å². The lowest BCUT2D eigenvalue weighted by Crippen LogP contribution is -2.43. The van der Waals surface area contributed by atoms with Gasteiger partial charge in [-0.3, -0.25) is 9.36 Å². The molecule has 0 saturated carbocycles. The maximum absolute atomic E-state index is 12.3. The van der Waals surface area contributed by atoms with Crippen LogP contribution in [0.3, 0.4) is 0 Å². The highest BCUT2D eigenvalue weighted by Crippen LogP contribution is 2.32. The summed E-state index contributed by atoms with van der Waals surface area (Å²) in [5, 5.41) is 10.1. The van der Waals surface area contributed by atoms with Crippen LogP contribution < -0.4 is 0 Å². The first-order chi connectivity index (χ1) is 14.3. The summed E-state index contributed by atoms with van der Waals surface area (Å²) in [7, 11) is 0. The van der Waals surface area contributed by atoms with Gasteiger partial charge in [0, 0.05) is 18.7 Å². The summed E-state index contributed by atoms with van der Waals surface area (Å²) in [4.78, 5) is 14.2. The van der Waals surface area contributed by atoms with Crippen molar-refractivity contribution >= 4 is 29.3 Å². The Bertz CT molecular complexity index is 1050. The van der Waals surface area contributed by atoms with Crippen LogP contribution in [0.15, 0.2) is 53.7 Å². The molecule has 0 aliphatic carbocycles. The van der Waals surface area contributed by atoms with Gasteiger partial charge in [-0.1, -0.05) is 80.5 Å². The van der Waals surface area contributed by atoms with Crippen LogP contribution in [0.1, 0.15) is 32.8 Å². The summed E-state index contributed by atoms with van der Waals surface area (Å²) in [6.45, 7) is 8.28. The quantitative estimate of drug-likeness (QED) is 0.511. The lowest BCUT2D eigenvalue weighted by atomic mass is 9.87. The molecule has 1 aliphatic rings. The van der Waals surface area contributed by atoms with Crippen molar-refractivity contribution in [3.05, 3.63) is 59.1 Å². The Morgan fingerprint density at radius 3 is 2.37 bits per heavy atom. The predicted molar refractivity (Wildman–Crippen MR) is 122 cm³/mol. The summed E-state index contributed by atoms with van der Waals surface area (Å²) in [6.07, 6.45) is 1.08. The second-order valence-electron chi connectivity index (χ2n) is 8.44. The zero-order valence-corrected chi connectivity index (χ0v) is 19.0. The third-order valence-corrected chi connectivity index (χ3v) is 6.50. The molecule has 0 bridgehead atoms. The first-order valence-corrected chi connectivity index (χ1v) is 11.4. The average molecular weight is 441 g/mol. The maximum Gasteiger partial charge on any atom is 0.233 e. The van der Waals surface area contributed by atoms with Crippen LogP contribution in [0, 0.1) is 0 Å². The fourth-order valence-corrected chi connectivity index (χ4v) is 4.37. The zero-order chi connectivity index (χ0) is 21.3. The molecule has 2 heterocycles. The van der Waals surface area contributed by atoms with E-state index in [0.29, 0.717) is 21.8 Å². The molecular formula is C23H25ClN4OS. The monoisotopic (exact) mass is 440 g/mol. The van der Waals surface area contributed by atoms with Gasteiger partial charge in [0.15, 0.2) is 11.0 Å². The number of halogens is 1. The van der Waals surface area contributed by atoms with E-state index in [1.807, 2.05) is 33.7 Å². The molecule has 5 nitrogen and oxygen atoms in total. The fraction of sp³-hybridized carbons (Fsp3) is 0.348. The minimum Gasteiger partial charge on any atom is -0.342 e. The molecule has 1 fully saturated rings. The Morgan fingerprint density at radius 1 is 1.07 bits per heavy atom. The van der Waals surface area contributed by atoms with Gasteiger partial charge in [-0.05, 0) is 29.5 Å². The van der Waals surface area contributed by atoms with Gasteiger partial charge >= 0.3 is 0 Å². The van der Waals surface area contributed by atoms with Crippen LogP contribution in [-0.2, 0) is 10.2 Å². The van der Waals surface area contributed by atoms with E-state index in [2.05, 4.69) is 55.2 Å². The summed E-state index contributed by atoms with van der Waals surface area (Å²) in [5.74, 6) is 1.18. The van der Waals surface area contributed by atoms with Crippen molar-refractivity contribution < 1.29 is 4.79 Å². The summed E-state index contributed by atoms with van der Waals surface area (Å²) in [6, 6.07) is 16.0. The van der Waals surface area contributed by atoms with Gasteiger partial charge in [0.25, 0.3) is 0 Å². The van der Waals surface area contributed by atoms with E-state index >= 15 is 0 Å². The van der Waals surface area contributed by atoms with E-state index in [9.17, 15) is 4.79 Å². The molecule has 1 saturated heterocycles. The molecule has 7 heteroatoms. The number of benzene rings is 2. The van der Waals surface area contributed by atoms with E-state index in [-0.39, 0.29) is 11.3 Å². The van der Waals surface area contributed by atoms with Crippen LogP contribution in [0.25, 0.3) is 17.1 Å². The maximum atomic E-state index is 12.3. The normalized spacial score (nSPS) is 13.9. The minimum absolute atomic E-state index is 0.0766. The van der Waals surface area contributed by atoms with E-state index in [0.717, 1.165) is 30.8 Å². The van der Waals surface area contributed by atoms with E-state index in [4.69, 9.17) is 11.6 Å². The molecule has 0 atom stereocenters. The Hall–Kier alpha value is -2.31. The van der Waals surface area contributed by atoms with Gasteiger partial charge in [-0.2, -0.15) is 0 Å². The summed E-state index contributed by atoms with van der Waals surface area (Å²) >= 11 is 7.91. The molecule has 0 unspecified atom stereocenters. The smallest absolute Gasteiger partial charge is 0.233 e. The zero-order valence-electron chi connectivity index (χ0n) is 17.4. The van der Waals surface area contributed by atoms with Crippen LogP contribution in [0.4, 0.5) is 0 Å². The molecule has 1 aliphatic heterocycles. The van der Waals surface area contributed by atoms with Crippen molar-refractivity contribution in [2.75, 3.05) is 18.8 Å². The van der Waals surface area contributed by atoms with Crippen molar-refractivity contribution in [2.45, 2.75) is 37.8 Å². The van der Waals surface area contributed by atoms with Gasteiger partial charge in [0.05, 0.1) is 16.5 Å². The number of carbonyl (C=O) groups is 1. The SMILES string of the molecule is CC(C)(C)c1ccc(-c2nnc(SCC(=O)N3CCC3)n2-c2ccccc2Cl)cc1. The topological polar surface area (TPSA) is 51.0 Å². The summed E-state index contributed by atoms with van der Waals surface area (Å²) < 4.78 is 1.95. The Morgan fingerprint density at radius 2 is 1.77 bits per heavy atom. The van der Waals surface area contributed by atoms with Crippen molar-refractivity contribution in [1.82, 2.24) is 19.7 Å². The van der Waals surface area contributed by atoms with Crippen molar-refractivity contribution in [2.24, 2.45) is 0 Å². The fourth-order valence-electron chi connectivity index (χ4n) is 3.30. The number of hydrogen-bond acceptors (Lipinski definition) is 4.